The number of carbonyl (C=O) groups excluding carboxylic acids is 2. The molecule has 0 amide bonds. The van der Waals surface area contributed by atoms with Crippen LogP contribution in [0.3, 0.4) is 0 Å². The fourth-order valence-electron chi connectivity index (χ4n) is 6.43. The topological polar surface area (TPSA) is 52.6 Å². The van der Waals surface area contributed by atoms with Gasteiger partial charge in [0.1, 0.15) is 11.9 Å². The van der Waals surface area contributed by atoms with E-state index in [4.69, 9.17) is 9.16 Å². The molecule has 2 bridgehead atoms. The SMILES string of the molecule is C=CC1(C)CC[C@H]2C(C)(C)[C@@H]3C=C(C#COC)[C@]2(CC3=O)[C@H]1C(=O)O[Si](C)(C)C(C)(C)C. The van der Waals surface area contributed by atoms with Crippen molar-refractivity contribution in [3.05, 3.63) is 24.3 Å². The monoisotopic (exact) mass is 456 g/mol. The number of hydrogen-bond acceptors (Lipinski definition) is 4. The average molecular weight is 457 g/mol. The molecule has 1 spiro atoms. The lowest BCUT2D eigenvalue weighted by atomic mass is 9.36. The number of methoxy groups -OCH3 is 1. The van der Waals surface area contributed by atoms with Gasteiger partial charge in [0, 0.05) is 23.3 Å². The largest absolute Gasteiger partial charge is 0.519 e. The average Bonchev–Trinajstić information content (AvgIpc) is 2.64. The molecule has 0 aliphatic heterocycles. The summed E-state index contributed by atoms with van der Waals surface area (Å²) in [6.07, 6.45) is 8.79. The van der Waals surface area contributed by atoms with Crippen LogP contribution >= 0.6 is 0 Å². The molecule has 4 aliphatic carbocycles. The Morgan fingerprint density at radius 3 is 2.44 bits per heavy atom. The van der Waals surface area contributed by atoms with Crippen LogP contribution in [0.2, 0.25) is 18.1 Å². The van der Waals surface area contributed by atoms with Gasteiger partial charge in [0.15, 0.2) is 0 Å². The van der Waals surface area contributed by atoms with Crippen LogP contribution in [0.25, 0.3) is 0 Å². The summed E-state index contributed by atoms with van der Waals surface area (Å²) in [6.45, 7) is 21.2. The Hall–Kier alpha value is -1.80. The molecular formula is C27H40O4Si. The molecule has 0 radical (unpaired) electrons. The Morgan fingerprint density at radius 1 is 1.28 bits per heavy atom. The summed E-state index contributed by atoms with van der Waals surface area (Å²) in [7, 11) is -0.827. The molecule has 5 heteroatoms. The van der Waals surface area contributed by atoms with Gasteiger partial charge < -0.3 is 9.16 Å². The second kappa shape index (κ2) is 7.62. The van der Waals surface area contributed by atoms with E-state index in [0.29, 0.717) is 6.42 Å². The first-order chi connectivity index (χ1) is 14.6. The summed E-state index contributed by atoms with van der Waals surface area (Å²) < 4.78 is 11.5. The molecule has 0 saturated heterocycles. The Labute approximate surface area is 195 Å². The smallest absolute Gasteiger partial charge is 0.297 e. The summed E-state index contributed by atoms with van der Waals surface area (Å²) in [6, 6.07) is 0. The molecule has 176 valence electrons. The molecule has 32 heavy (non-hydrogen) atoms. The third-order valence-corrected chi connectivity index (χ3v) is 13.6. The van der Waals surface area contributed by atoms with E-state index in [-0.39, 0.29) is 34.0 Å². The van der Waals surface area contributed by atoms with Gasteiger partial charge >= 0.3 is 0 Å². The fourth-order valence-corrected chi connectivity index (χ4v) is 7.36. The predicted octanol–water partition coefficient (Wildman–Crippen LogP) is 5.90. The fraction of sp³-hybridized carbons (Fsp3) is 0.704. The molecule has 1 unspecified atom stereocenters. The lowest BCUT2D eigenvalue weighted by Crippen LogP contribution is -2.66. The maximum Gasteiger partial charge on any atom is 0.297 e. The van der Waals surface area contributed by atoms with Crippen LogP contribution in [0.15, 0.2) is 24.3 Å². The summed E-state index contributed by atoms with van der Waals surface area (Å²) in [5.41, 5.74) is -0.546. The highest BCUT2D eigenvalue weighted by atomic mass is 28.4. The molecule has 0 heterocycles. The van der Waals surface area contributed by atoms with Crippen LogP contribution in [0.1, 0.15) is 60.8 Å². The molecule has 2 fully saturated rings. The van der Waals surface area contributed by atoms with E-state index >= 15 is 0 Å². The number of rotatable bonds is 3. The molecule has 4 rings (SSSR count). The van der Waals surface area contributed by atoms with Crippen LogP contribution in [0.5, 0.6) is 0 Å². The molecule has 4 aliphatic rings. The standard InChI is InChI=1S/C27H40O4Si/c1-11-26(7)14-12-21-25(5,6)19-16-18(13-15-30-8)27(21,17-20(19)28)22(26)23(29)31-32(9,10)24(2,3)4/h11,16,19,21-22H,1,12,14,17H2,2-10H3/t19-,21+,22+,26?,27+/m1/s1. The first-order valence-electron chi connectivity index (χ1n) is 11.7. The van der Waals surface area contributed by atoms with Crippen LogP contribution in [-0.4, -0.2) is 27.2 Å². The molecule has 2 saturated carbocycles. The minimum Gasteiger partial charge on any atom is -0.519 e. The maximum atomic E-state index is 14.2. The zero-order valence-corrected chi connectivity index (χ0v) is 22.3. The Bertz CT molecular complexity index is 926. The van der Waals surface area contributed by atoms with Crippen LogP contribution < -0.4 is 0 Å². The molecular weight excluding hydrogens is 416 g/mol. The highest BCUT2D eigenvalue weighted by molar-refractivity contribution is 6.75. The van der Waals surface area contributed by atoms with Gasteiger partial charge in [0.05, 0.1) is 13.0 Å². The Morgan fingerprint density at radius 2 is 1.91 bits per heavy atom. The van der Waals surface area contributed by atoms with Crippen LogP contribution in [-0.2, 0) is 18.8 Å². The number of allylic oxidation sites excluding steroid dienone is 3. The zero-order valence-electron chi connectivity index (χ0n) is 21.3. The summed E-state index contributed by atoms with van der Waals surface area (Å²) in [5, 5.41) is -0.104. The van der Waals surface area contributed by atoms with E-state index in [2.05, 4.69) is 73.2 Å². The summed E-state index contributed by atoms with van der Waals surface area (Å²) in [5.74, 6) is 2.67. The van der Waals surface area contributed by atoms with Crippen molar-refractivity contribution in [1.29, 1.82) is 0 Å². The predicted molar refractivity (Wildman–Crippen MR) is 130 cm³/mol. The van der Waals surface area contributed by atoms with Crippen molar-refractivity contribution in [2.45, 2.75) is 78.9 Å². The first-order valence-corrected chi connectivity index (χ1v) is 14.6. The van der Waals surface area contributed by atoms with E-state index in [9.17, 15) is 9.59 Å². The highest BCUT2D eigenvalue weighted by Gasteiger charge is 2.70. The van der Waals surface area contributed by atoms with Gasteiger partial charge in [-0.25, -0.2) is 0 Å². The number of ether oxygens (including phenoxy) is 1. The van der Waals surface area contributed by atoms with Gasteiger partial charge in [-0.3, -0.25) is 9.59 Å². The lowest BCUT2D eigenvalue weighted by molar-refractivity contribution is -0.175. The molecule has 5 atom stereocenters. The van der Waals surface area contributed by atoms with Crippen LogP contribution in [0.4, 0.5) is 0 Å². The normalized spacial score (nSPS) is 35.7. The number of carbonyl (C=O) groups is 2. The van der Waals surface area contributed by atoms with Crippen LogP contribution in [0, 0.1) is 46.0 Å². The van der Waals surface area contributed by atoms with E-state index in [1.165, 1.54) is 7.11 Å². The van der Waals surface area contributed by atoms with Crippen molar-refractivity contribution >= 4 is 20.1 Å². The summed E-state index contributed by atoms with van der Waals surface area (Å²) in [4.78, 5) is 27.5. The highest BCUT2D eigenvalue weighted by Crippen LogP contribution is 2.70. The van der Waals surface area contributed by atoms with Gasteiger partial charge in [0.2, 0.25) is 0 Å². The van der Waals surface area contributed by atoms with E-state index in [0.717, 1.165) is 18.4 Å². The second-order valence-electron chi connectivity index (χ2n) is 12.4. The quantitative estimate of drug-likeness (QED) is 0.301. The minimum absolute atomic E-state index is 0.104. The third-order valence-electron chi connectivity index (χ3n) is 9.27. The van der Waals surface area contributed by atoms with E-state index in [1.807, 2.05) is 12.2 Å². The van der Waals surface area contributed by atoms with E-state index < -0.39 is 25.1 Å². The minimum atomic E-state index is -2.37. The van der Waals surface area contributed by atoms with Crippen molar-refractivity contribution in [1.82, 2.24) is 0 Å². The van der Waals surface area contributed by atoms with Crippen molar-refractivity contribution in [2.24, 2.45) is 34.0 Å². The molecule has 4 nitrogen and oxygen atoms in total. The van der Waals surface area contributed by atoms with Crippen molar-refractivity contribution in [2.75, 3.05) is 7.11 Å². The van der Waals surface area contributed by atoms with Gasteiger partial charge in [-0.1, -0.05) is 53.7 Å². The Kier molecular flexibility index (Phi) is 5.91. The summed E-state index contributed by atoms with van der Waals surface area (Å²) >= 11 is 0. The Balaban J connectivity index is 2.25. The zero-order chi connectivity index (χ0) is 24.3. The van der Waals surface area contributed by atoms with Crippen molar-refractivity contribution in [3.8, 4) is 12.0 Å². The number of ketones is 1. The maximum absolute atomic E-state index is 14.2. The molecule has 0 N–H and O–H groups in total. The third kappa shape index (κ3) is 3.41. The van der Waals surface area contributed by atoms with Gasteiger partial charge in [-0.05, 0) is 53.6 Å². The van der Waals surface area contributed by atoms with Crippen molar-refractivity contribution in [3.63, 3.8) is 0 Å². The number of fused-ring (bicyclic) bond motifs is 1. The molecule has 0 aromatic rings. The number of hydrogen-bond donors (Lipinski definition) is 0. The van der Waals surface area contributed by atoms with Gasteiger partial charge in [0.25, 0.3) is 14.3 Å². The molecule has 0 aromatic heterocycles. The van der Waals surface area contributed by atoms with Crippen molar-refractivity contribution < 1.29 is 18.8 Å². The van der Waals surface area contributed by atoms with E-state index in [1.54, 1.807) is 0 Å². The second-order valence-corrected chi connectivity index (χ2v) is 17.1. The lowest BCUT2D eigenvalue weighted by Gasteiger charge is -2.65. The molecule has 0 aromatic carbocycles. The first kappa shape index (κ1) is 24.8. The van der Waals surface area contributed by atoms with Gasteiger partial charge in [-0.15, -0.1) is 6.58 Å². The van der Waals surface area contributed by atoms with Gasteiger partial charge in [-0.2, -0.15) is 0 Å². The number of Topliss-reactive ketones (excluding diaryl/α,β-unsaturated/α-hetero) is 1.